The Balaban J connectivity index is 1.60. The van der Waals surface area contributed by atoms with E-state index in [9.17, 15) is 9.59 Å². The molecule has 0 aliphatic carbocycles. The van der Waals surface area contributed by atoms with Gasteiger partial charge in [0, 0.05) is 19.9 Å². The molecule has 0 saturated carbocycles. The first-order valence-electron chi connectivity index (χ1n) is 10.0. The molecule has 2 heterocycles. The van der Waals surface area contributed by atoms with Crippen molar-refractivity contribution in [3.05, 3.63) is 65.7 Å². The standard InChI is InChI=1S/C23H25NO6/c1-15(25)28-14-19-12-20-21(23(26)29-19)22(17-8-10-18(27-2)11-9-17)24(30-20)13-16-6-4-3-5-7-16/h3-11,19-22H,12-14H2,1-2H3/t19-,20+,21-,22-/m0/s1. The molecule has 0 radical (unpaired) electrons. The lowest BCUT2D eigenvalue weighted by molar-refractivity contribution is -0.193. The van der Waals surface area contributed by atoms with Gasteiger partial charge in [-0.25, -0.2) is 0 Å². The van der Waals surface area contributed by atoms with Gasteiger partial charge in [0.25, 0.3) is 0 Å². The zero-order chi connectivity index (χ0) is 21.1. The fourth-order valence-electron chi connectivity index (χ4n) is 4.09. The lowest BCUT2D eigenvalue weighted by Crippen LogP contribution is -2.42. The minimum absolute atomic E-state index is 0.0412. The molecular formula is C23H25NO6. The largest absolute Gasteiger partial charge is 0.497 e. The smallest absolute Gasteiger partial charge is 0.314 e. The van der Waals surface area contributed by atoms with Crippen molar-refractivity contribution >= 4 is 11.9 Å². The Labute approximate surface area is 175 Å². The van der Waals surface area contributed by atoms with Crippen molar-refractivity contribution in [1.82, 2.24) is 5.06 Å². The summed E-state index contributed by atoms with van der Waals surface area (Å²) >= 11 is 0. The van der Waals surface area contributed by atoms with Gasteiger partial charge >= 0.3 is 11.9 Å². The Morgan fingerprint density at radius 1 is 1.13 bits per heavy atom. The van der Waals surface area contributed by atoms with Gasteiger partial charge in [-0.15, -0.1) is 0 Å². The highest BCUT2D eigenvalue weighted by atomic mass is 16.7. The van der Waals surface area contributed by atoms with E-state index in [1.807, 2.05) is 59.7 Å². The summed E-state index contributed by atoms with van der Waals surface area (Å²) in [7, 11) is 1.62. The van der Waals surface area contributed by atoms with Gasteiger partial charge in [-0.1, -0.05) is 42.5 Å². The van der Waals surface area contributed by atoms with Crippen LogP contribution >= 0.6 is 0 Å². The average Bonchev–Trinajstić information content (AvgIpc) is 3.11. The summed E-state index contributed by atoms with van der Waals surface area (Å²) in [6.45, 7) is 1.91. The summed E-state index contributed by atoms with van der Waals surface area (Å²) in [5, 5.41) is 1.86. The van der Waals surface area contributed by atoms with Crippen LogP contribution in [0.15, 0.2) is 54.6 Å². The van der Waals surface area contributed by atoms with E-state index in [-0.39, 0.29) is 24.7 Å². The molecule has 2 aromatic carbocycles. The van der Waals surface area contributed by atoms with Gasteiger partial charge in [-0.05, 0) is 23.3 Å². The molecule has 2 aliphatic rings. The van der Waals surface area contributed by atoms with Crippen LogP contribution < -0.4 is 4.74 Å². The van der Waals surface area contributed by atoms with Crippen molar-refractivity contribution in [3.63, 3.8) is 0 Å². The van der Waals surface area contributed by atoms with Gasteiger partial charge in [0.05, 0.1) is 19.3 Å². The second kappa shape index (κ2) is 8.85. The molecule has 0 aromatic heterocycles. The molecule has 0 unspecified atom stereocenters. The fraction of sp³-hybridized carbons (Fsp3) is 0.391. The Bertz CT molecular complexity index is 884. The predicted molar refractivity (Wildman–Crippen MR) is 107 cm³/mol. The van der Waals surface area contributed by atoms with Gasteiger partial charge in [0.15, 0.2) is 0 Å². The highest BCUT2D eigenvalue weighted by Gasteiger charge is 2.53. The van der Waals surface area contributed by atoms with Crippen molar-refractivity contribution in [2.24, 2.45) is 5.92 Å². The van der Waals surface area contributed by atoms with E-state index >= 15 is 0 Å². The molecule has 30 heavy (non-hydrogen) atoms. The quantitative estimate of drug-likeness (QED) is 0.677. The third kappa shape index (κ3) is 4.32. The van der Waals surface area contributed by atoms with Crippen LogP contribution in [-0.2, 0) is 30.4 Å². The highest BCUT2D eigenvalue weighted by molar-refractivity contribution is 5.76. The van der Waals surface area contributed by atoms with E-state index in [2.05, 4.69) is 0 Å². The van der Waals surface area contributed by atoms with E-state index in [0.717, 1.165) is 16.9 Å². The molecule has 2 aliphatic heterocycles. The first kappa shape index (κ1) is 20.4. The van der Waals surface area contributed by atoms with Crippen molar-refractivity contribution in [1.29, 1.82) is 0 Å². The van der Waals surface area contributed by atoms with Crippen LogP contribution in [-0.4, -0.2) is 42.9 Å². The maximum absolute atomic E-state index is 12.9. The number of hydrogen-bond donors (Lipinski definition) is 0. The number of cyclic esters (lactones) is 1. The predicted octanol–water partition coefficient (Wildman–Crippen LogP) is 3.05. The molecule has 2 fully saturated rings. The SMILES string of the molecule is COc1ccc([C@H]2[C@H]3C(=O)O[C@H](COC(C)=O)C[C@H]3ON2Cc2ccccc2)cc1. The molecule has 2 aromatic rings. The number of hydroxylamine groups is 2. The number of carbonyl (C=O) groups excluding carboxylic acids is 2. The fourth-order valence-corrected chi connectivity index (χ4v) is 4.09. The van der Waals surface area contributed by atoms with E-state index in [4.69, 9.17) is 19.0 Å². The lowest BCUT2D eigenvalue weighted by atomic mass is 9.85. The minimum Gasteiger partial charge on any atom is -0.497 e. The normalized spacial score (nSPS) is 26.0. The van der Waals surface area contributed by atoms with Gasteiger partial charge in [0.2, 0.25) is 0 Å². The molecule has 0 bridgehead atoms. The van der Waals surface area contributed by atoms with Crippen LogP contribution in [0.5, 0.6) is 5.75 Å². The van der Waals surface area contributed by atoms with Crippen LogP contribution in [0.2, 0.25) is 0 Å². The first-order chi connectivity index (χ1) is 14.5. The summed E-state index contributed by atoms with van der Waals surface area (Å²) in [5.74, 6) is -0.450. The number of hydrogen-bond acceptors (Lipinski definition) is 7. The van der Waals surface area contributed by atoms with Crippen LogP contribution in [0.3, 0.4) is 0 Å². The molecule has 0 N–H and O–H groups in total. The zero-order valence-electron chi connectivity index (χ0n) is 17.0. The van der Waals surface area contributed by atoms with E-state index in [1.54, 1.807) is 7.11 Å². The summed E-state index contributed by atoms with van der Waals surface area (Å²) in [5.41, 5.74) is 2.04. The number of esters is 2. The van der Waals surface area contributed by atoms with Crippen LogP contribution in [0, 0.1) is 5.92 Å². The number of ether oxygens (including phenoxy) is 3. The van der Waals surface area contributed by atoms with Crippen LogP contribution in [0.25, 0.3) is 0 Å². The monoisotopic (exact) mass is 411 g/mol. The molecule has 4 rings (SSSR count). The summed E-state index contributed by atoms with van der Waals surface area (Å²) in [6, 6.07) is 17.3. The molecule has 2 saturated heterocycles. The second-order valence-electron chi connectivity index (χ2n) is 7.55. The number of benzene rings is 2. The number of carbonyl (C=O) groups is 2. The Morgan fingerprint density at radius 2 is 1.87 bits per heavy atom. The van der Waals surface area contributed by atoms with E-state index in [0.29, 0.717) is 13.0 Å². The molecule has 158 valence electrons. The Hall–Kier alpha value is -2.90. The topological polar surface area (TPSA) is 74.3 Å². The second-order valence-corrected chi connectivity index (χ2v) is 7.55. The summed E-state index contributed by atoms with van der Waals surface area (Å²) < 4.78 is 15.9. The van der Waals surface area contributed by atoms with Crippen molar-refractivity contribution in [3.8, 4) is 5.75 Å². The zero-order valence-corrected chi connectivity index (χ0v) is 17.0. The van der Waals surface area contributed by atoms with Gasteiger partial charge in [0.1, 0.15) is 24.4 Å². The van der Waals surface area contributed by atoms with Crippen LogP contribution in [0.4, 0.5) is 0 Å². The number of methoxy groups -OCH3 is 1. The van der Waals surface area contributed by atoms with Crippen molar-refractivity contribution in [2.45, 2.75) is 38.1 Å². The molecule has 7 nitrogen and oxygen atoms in total. The number of fused-ring (bicyclic) bond motifs is 1. The Kier molecular flexibility index (Phi) is 6.01. The van der Waals surface area contributed by atoms with E-state index < -0.39 is 18.0 Å². The highest BCUT2D eigenvalue weighted by Crippen LogP contribution is 2.45. The molecule has 7 heteroatoms. The molecule has 0 amide bonds. The van der Waals surface area contributed by atoms with Crippen molar-refractivity contribution in [2.75, 3.05) is 13.7 Å². The third-order valence-electron chi connectivity index (χ3n) is 5.48. The summed E-state index contributed by atoms with van der Waals surface area (Å²) in [6.07, 6.45) is -0.375. The molecule has 4 atom stereocenters. The maximum atomic E-state index is 12.9. The van der Waals surface area contributed by atoms with Gasteiger partial charge < -0.3 is 14.2 Å². The minimum atomic E-state index is -0.504. The van der Waals surface area contributed by atoms with E-state index in [1.165, 1.54) is 6.92 Å². The number of rotatable bonds is 6. The third-order valence-corrected chi connectivity index (χ3v) is 5.48. The van der Waals surface area contributed by atoms with Gasteiger partial charge in [-0.2, -0.15) is 5.06 Å². The maximum Gasteiger partial charge on any atom is 0.314 e. The first-order valence-corrected chi connectivity index (χ1v) is 10.0. The number of nitrogens with zero attached hydrogens (tertiary/aromatic N) is 1. The Morgan fingerprint density at radius 3 is 2.53 bits per heavy atom. The molecular weight excluding hydrogens is 386 g/mol. The lowest BCUT2D eigenvalue weighted by Gasteiger charge is -2.30. The van der Waals surface area contributed by atoms with Gasteiger partial charge in [-0.3, -0.25) is 14.4 Å². The van der Waals surface area contributed by atoms with Crippen molar-refractivity contribution < 1.29 is 28.6 Å². The molecule has 0 spiro atoms. The average molecular weight is 411 g/mol. The van der Waals surface area contributed by atoms with Crippen LogP contribution in [0.1, 0.15) is 30.5 Å². The summed E-state index contributed by atoms with van der Waals surface area (Å²) in [4.78, 5) is 30.3.